The van der Waals surface area contributed by atoms with Crippen molar-refractivity contribution in [1.82, 2.24) is 10.2 Å². The summed E-state index contributed by atoms with van der Waals surface area (Å²) >= 11 is 5.99. The molecule has 1 aromatic rings. The zero-order valence-corrected chi connectivity index (χ0v) is 13.9. The van der Waals surface area contributed by atoms with Crippen LogP contribution in [0, 0.1) is 0 Å². The highest BCUT2D eigenvalue weighted by Gasteiger charge is 2.31. The van der Waals surface area contributed by atoms with E-state index in [1.807, 2.05) is 43.0 Å². The van der Waals surface area contributed by atoms with Crippen molar-refractivity contribution in [2.45, 2.75) is 32.5 Å². The lowest BCUT2D eigenvalue weighted by atomic mass is 10.1. The van der Waals surface area contributed by atoms with E-state index in [4.69, 9.17) is 16.3 Å². The summed E-state index contributed by atoms with van der Waals surface area (Å²) in [6, 6.07) is 7.35. The van der Waals surface area contributed by atoms with Gasteiger partial charge in [0.05, 0.1) is 12.7 Å². The van der Waals surface area contributed by atoms with Crippen LogP contribution in [-0.4, -0.2) is 42.6 Å². The molecule has 0 aliphatic carbocycles. The second kappa shape index (κ2) is 8.59. The number of nitrogens with one attached hydrogen (secondary N) is 1. The van der Waals surface area contributed by atoms with E-state index in [-0.39, 0.29) is 30.5 Å². The minimum Gasteiger partial charge on any atom is -0.375 e. The average molecular weight is 333 g/mol. The van der Waals surface area contributed by atoms with Crippen LogP contribution < -0.4 is 5.32 Å². The lowest BCUT2D eigenvalue weighted by Gasteiger charge is -2.33. The molecule has 2 rings (SSSR count). The van der Waals surface area contributed by atoms with Gasteiger partial charge in [0.15, 0.2) is 0 Å². The van der Waals surface area contributed by atoms with Crippen LogP contribution in [0.15, 0.2) is 24.3 Å². The first-order valence-corrected chi connectivity index (χ1v) is 7.38. The van der Waals surface area contributed by atoms with Gasteiger partial charge in [-0.2, -0.15) is 0 Å². The van der Waals surface area contributed by atoms with Crippen molar-refractivity contribution in [2.75, 3.05) is 19.7 Å². The van der Waals surface area contributed by atoms with Crippen LogP contribution in [0.5, 0.6) is 0 Å². The van der Waals surface area contributed by atoms with E-state index in [1.165, 1.54) is 0 Å². The number of likely N-dealkylation sites (N-methyl/N-ethyl adjacent to an activating group) is 1. The predicted octanol–water partition coefficient (Wildman–Crippen LogP) is 2.49. The van der Waals surface area contributed by atoms with Crippen LogP contribution in [0.1, 0.15) is 19.4 Å². The van der Waals surface area contributed by atoms with E-state index < -0.39 is 0 Å². The highest BCUT2D eigenvalue weighted by molar-refractivity contribution is 6.30. The summed E-state index contributed by atoms with van der Waals surface area (Å²) in [5.41, 5.74) is 1.04. The van der Waals surface area contributed by atoms with E-state index >= 15 is 0 Å². The number of hydrogen-bond donors (Lipinski definition) is 1. The fourth-order valence-electron chi connectivity index (χ4n) is 2.41. The van der Waals surface area contributed by atoms with Crippen molar-refractivity contribution in [3.8, 4) is 0 Å². The standard InChI is InChI=1S/C15H21ClN2O2.ClH/c1-3-18(10-12-5-4-6-13(16)9-12)15(19)14-11(2)20-8-7-17-14;/h4-6,9,11,14,17H,3,7-8,10H2,1-2H3;1H/t11-,14+;/m1./s1. The molecule has 1 fully saturated rings. The summed E-state index contributed by atoms with van der Waals surface area (Å²) in [7, 11) is 0. The topological polar surface area (TPSA) is 41.6 Å². The fraction of sp³-hybridized carbons (Fsp3) is 0.533. The van der Waals surface area contributed by atoms with Crippen molar-refractivity contribution in [3.05, 3.63) is 34.9 Å². The smallest absolute Gasteiger partial charge is 0.242 e. The summed E-state index contributed by atoms with van der Waals surface area (Å²) < 4.78 is 5.54. The Morgan fingerprint density at radius 2 is 2.29 bits per heavy atom. The molecule has 0 aromatic heterocycles. The van der Waals surface area contributed by atoms with Gasteiger partial charge < -0.3 is 15.0 Å². The van der Waals surface area contributed by atoms with Crippen molar-refractivity contribution in [1.29, 1.82) is 0 Å². The summed E-state index contributed by atoms with van der Waals surface area (Å²) in [5, 5.41) is 3.93. The maximum atomic E-state index is 12.6. The van der Waals surface area contributed by atoms with Gasteiger partial charge in [0.1, 0.15) is 6.04 Å². The maximum absolute atomic E-state index is 12.6. The Hall–Kier alpha value is -0.810. The number of hydrogen-bond acceptors (Lipinski definition) is 3. The Morgan fingerprint density at radius 1 is 1.52 bits per heavy atom. The van der Waals surface area contributed by atoms with Gasteiger partial charge in [0, 0.05) is 24.7 Å². The van der Waals surface area contributed by atoms with Gasteiger partial charge in [-0.25, -0.2) is 0 Å². The molecule has 2 atom stereocenters. The van der Waals surface area contributed by atoms with Crippen LogP contribution in [0.3, 0.4) is 0 Å². The molecule has 1 aliphatic rings. The van der Waals surface area contributed by atoms with Crippen LogP contribution >= 0.6 is 24.0 Å². The van der Waals surface area contributed by atoms with Crippen molar-refractivity contribution in [3.63, 3.8) is 0 Å². The lowest BCUT2D eigenvalue weighted by Crippen LogP contribution is -2.56. The largest absolute Gasteiger partial charge is 0.375 e. The SMILES string of the molecule is CCN(Cc1cccc(Cl)c1)C(=O)[C@H]1NCCO[C@@H]1C.Cl. The molecule has 1 heterocycles. The summed E-state index contributed by atoms with van der Waals surface area (Å²) in [6.45, 7) is 6.52. The minimum atomic E-state index is -0.261. The first kappa shape index (κ1) is 18.2. The van der Waals surface area contributed by atoms with Crippen molar-refractivity contribution < 1.29 is 9.53 Å². The van der Waals surface area contributed by atoms with E-state index in [0.717, 1.165) is 12.1 Å². The van der Waals surface area contributed by atoms with Gasteiger partial charge in [-0.1, -0.05) is 23.7 Å². The molecule has 1 N–H and O–H groups in total. The maximum Gasteiger partial charge on any atom is 0.242 e. The Morgan fingerprint density at radius 3 is 2.90 bits per heavy atom. The van der Waals surface area contributed by atoms with Gasteiger partial charge in [-0.3, -0.25) is 4.79 Å². The summed E-state index contributed by atoms with van der Waals surface area (Å²) in [6.07, 6.45) is -0.0929. The zero-order chi connectivity index (χ0) is 14.5. The second-order valence-electron chi connectivity index (χ2n) is 4.99. The molecule has 0 bridgehead atoms. The van der Waals surface area contributed by atoms with E-state index in [0.29, 0.717) is 24.7 Å². The molecular formula is C15H22Cl2N2O2. The Labute approximate surface area is 137 Å². The molecule has 21 heavy (non-hydrogen) atoms. The number of halogens is 2. The Balaban J connectivity index is 0.00000220. The molecule has 1 aromatic carbocycles. The fourth-order valence-corrected chi connectivity index (χ4v) is 2.62. The van der Waals surface area contributed by atoms with Crippen LogP contribution in [-0.2, 0) is 16.1 Å². The molecule has 0 saturated carbocycles. The van der Waals surface area contributed by atoms with Gasteiger partial charge in [0.2, 0.25) is 5.91 Å². The monoisotopic (exact) mass is 332 g/mol. The first-order chi connectivity index (χ1) is 9.61. The van der Waals surface area contributed by atoms with Gasteiger partial charge in [-0.15, -0.1) is 12.4 Å². The number of amides is 1. The number of morpholine rings is 1. The van der Waals surface area contributed by atoms with E-state index in [9.17, 15) is 4.79 Å². The first-order valence-electron chi connectivity index (χ1n) is 7.00. The van der Waals surface area contributed by atoms with Crippen molar-refractivity contribution >= 4 is 29.9 Å². The van der Waals surface area contributed by atoms with Gasteiger partial charge in [-0.05, 0) is 31.5 Å². The summed E-state index contributed by atoms with van der Waals surface area (Å²) in [4.78, 5) is 14.4. The highest BCUT2D eigenvalue weighted by Crippen LogP contribution is 2.15. The van der Waals surface area contributed by atoms with Gasteiger partial charge >= 0.3 is 0 Å². The number of carbonyl (C=O) groups is 1. The third-order valence-corrected chi connectivity index (χ3v) is 3.77. The molecule has 6 heteroatoms. The highest BCUT2D eigenvalue weighted by atomic mass is 35.5. The molecule has 1 aliphatic heterocycles. The number of benzene rings is 1. The third kappa shape index (κ3) is 4.85. The van der Waals surface area contributed by atoms with Crippen LogP contribution in [0.25, 0.3) is 0 Å². The number of rotatable bonds is 4. The minimum absolute atomic E-state index is 0. The molecule has 0 radical (unpaired) electrons. The van der Waals surface area contributed by atoms with Crippen LogP contribution in [0.2, 0.25) is 5.02 Å². The summed E-state index contributed by atoms with van der Waals surface area (Å²) in [5.74, 6) is 0.0830. The number of nitrogens with zero attached hydrogens (tertiary/aromatic N) is 1. The molecule has 4 nitrogen and oxygen atoms in total. The zero-order valence-electron chi connectivity index (χ0n) is 12.3. The van der Waals surface area contributed by atoms with Gasteiger partial charge in [0.25, 0.3) is 0 Å². The molecular weight excluding hydrogens is 311 g/mol. The number of carbonyl (C=O) groups excluding carboxylic acids is 1. The molecule has 1 saturated heterocycles. The van der Waals surface area contributed by atoms with E-state index in [1.54, 1.807) is 0 Å². The van der Waals surface area contributed by atoms with Crippen LogP contribution in [0.4, 0.5) is 0 Å². The molecule has 0 spiro atoms. The lowest BCUT2D eigenvalue weighted by molar-refractivity contribution is -0.139. The quantitative estimate of drug-likeness (QED) is 0.920. The average Bonchev–Trinajstić information content (AvgIpc) is 2.44. The van der Waals surface area contributed by atoms with Crippen molar-refractivity contribution in [2.24, 2.45) is 0 Å². The second-order valence-corrected chi connectivity index (χ2v) is 5.43. The molecule has 0 unspecified atom stereocenters. The third-order valence-electron chi connectivity index (χ3n) is 3.54. The van der Waals surface area contributed by atoms with E-state index in [2.05, 4.69) is 5.32 Å². The predicted molar refractivity (Wildman–Crippen MR) is 87.0 cm³/mol. The molecule has 1 amide bonds. The number of ether oxygens (including phenoxy) is 1. The normalized spacial score (nSPS) is 21.5. The Kier molecular flexibility index (Phi) is 7.46. The Bertz CT molecular complexity index is 471. The molecule has 118 valence electrons.